The lowest BCUT2D eigenvalue weighted by atomic mass is 9.87. The molecule has 5 nitrogen and oxygen atoms in total. The smallest absolute Gasteiger partial charge is 0.303 e. The number of aryl methyl sites for hydroxylation is 1. The molecule has 158 valence electrons. The van der Waals surface area contributed by atoms with Crippen molar-refractivity contribution >= 4 is 5.97 Å². The molecule has 1 saturated heterocycles. The Morgan fingerprint density at radius 2 is 2.03 bits per heavy atom. The molecule has 1 aromatic carbocycles. The van der Waals surface area contributed by atoms with Crippen molar-refractivity contribution in [1.82, 2.24) is 0 Å². The molecule has 0 bridgehead atoms. The minimum atomic E-state index is -0.749. The number of rotatable bonds is 7. The zero-order valence-electron chi connectivity index (χ0n) is 16.9. The van der Waals surface area contributed by atoms with Gasteiger partial charge in [-0.1, -0.05) is 42.2 Å². The number of fused-ring (bicyclic) bond motifs is 1. The second-order valence-electron chi connectivity index (χ2n) is 8.42. The predicted octanol–water partition coefficient (Wildman–Crippen LogP) is 3.03. The third-order valence-corrected chi connectivity index (χ3v) is 6.25. The maximum Gasteiger partial charge on any atom is 0.303 e. The Kier molecular flexibility index (Phi) is 8.11. The van der Waals surface area contributed by atoms with Crippen molar-refractivity contribution in [1.29, 1.82) is 0 Å². The minimum Gasteiger partial charge on any atom is -0.481 e. The van der Waals surface area contributed by atoms with Crippen molar-refractivity contribution in [2.75, 3.05) is 6.61 Å². The highest BCUT2D eigenvalue weighted by atomic mass is 16.5. The van der Waals surface area contributed by atoms with E-state index in [0.29, 0.717) is 31.8 Å². The second kappa shape index (κ2) is 10.8. The van der Waals surface area contributed by atoms with Crippen LogP contribution < -0.4 is 0 Å². The fourth-order valence-corrected chi connectivity index (χ4v) is 4.59. The van der Waals surface area contributed by atoms with E-state index in [9.17, 15) is 15.0 Å². The molecule has 2 fully saturated rings. The molecule has 2 aliphatic rings. The van der Waals surface area contributed by atoms with Crippen molar-refractivity contribution in [2.24, 2.45) is 17.8 Å². The molecular formula is C24H32O5. The lowest BCUT2D eigenvalue weighted by Gasteiger charge is -2.19. The van der Waals surface area contributed by atoms with Crippen LogP contribution in [0.15, 0.2) is 30.3 Å². The van der Waals surface area contributed by atoms with Gasteiger partial charge < -0.3 is 20.1 Å². The predicted molar refractivity (Wildman–Crippen MR) is 110 cm³/mol. The summed E-state index contributed by atoms with van der Waals surface area (Å²) in [6, 6.07) is 10.0. The molecule has 1 aromatic rings. The van der Waals surface area contributed by atoms with E-state index >= 15 is 0 Å². The topological polar surface area (TPSA) is 87.0 Å². The molecule has 3 N–H and O–H groups in total. The molecule has 2 unspecified atom stereocenters. The van der Waals surface area contributed by atoms with Crippen LogP contribution in [0.4, 0.5) is 0 Å². The normalized spacial score (nSPS) is 29.9. The number of hydrogen-bond acceptors (Lipinski definition) is 4. The molecule has 1 aliphatic heterocycles. The number of carboxylic acids is 1. The maximum atomic E-state index is 10.7. The van der Waals surface area contributed by atoms with Crippen LogP contribution in [-0.2, 0) is 16.0 Å². The van der Waals surface area contributed by atoms with E-state index in [2.05, 4.69) is 11.8 Å². The maximum absolute atomic E-state index is 10.7. The van der Waals surface area contributed by atoms with E-state index in [0.717, 1.165) is 25.7 Å². The van der Waals surface area contributed by atoms with Gasteiger partial charge in [0.05, 0.1) is 18.1 Å². The van der Waals surface area contributed by atoms with Crippen molar-refractivity contribution in [3.05, 3.63) is 35.9 Å². The van der Waals surface area contributed by atoms with E-state index in [1.165, 1.54) is 5.56 Å². The lowest BCUT2D eigenvalue weighted by molar-refractivity contribution is -0.137. The van der Waals surface area contributed by atoms with Crippen LogP contribution in [0.25, 0.3) is 0 Å². The summed E-state index contributed by atoms with van der Waals surface area (Å²) in [5.74, 6) is 5.77. The first kappa shape index (κ1) is 21.8. The lowest BCUT2D eigenvalue weighted by Crippen LogP contribution is -2.21. The molecule has 0 aromatic heterocycles. The Labute approximate surface area is 173 Å². The number of hydrogen-bond donors (Lipinski definition) is 3. The SMILES string of the molecule is O=C(O)CCC[C@H]1CC[C@@H]2C(C#CC(O)CCc3ccccc3)[C@H](O)C[C@@H]2OC1. The van der Waals surface area contributed by atoms with E-state index in [1.54, 1.807) is 0 Å². The van der Waals surface area contributed by atoms with Gasteiger partial charge in [-0.3, -0.25) is 4.79 Å². The van der Waals surface area contributed by atoms with Crippen LogP contribution in [0, 0.1) is 29.6 Å². The number of aliphatic hydroxyl groups excluding tert-OH is 2. The number of aliphatic carboxylic acids is 1. The first-order valence-electron chi connectivity index (χ1n) is 10.8. The third-order valence-electron chi connectivity index (χ3n) is 6.25. The Morgan fingerprint density at radius 3 is 2.79 bits per heavy atom. The summed E-state index contributed by atoms with van der Waals surface area (Å²) in [5, 5.41) is 29.5. The van der Waals surface area contributed by atoms with Crippen LogP contribution in [-0.4, -0.2) is 46.2 Å². The molecule has 0 radical (unpaired) electrons. The molecule has 1 saturated carbocycles. The van der Waals surface area contributed by atoms with Crippen molar-refractivity contribution < 1.29 is 24.9 Å². The van der Waals surface area contributed by atoms with Gasteiger partial charge in [0.25, 0.3) is 0 Å². The fourth-order valence-electron chi connectivity index (χ4n) is 4.59. The monoisotopic (exact) mass is 400 g/mol. The van der Waals surface area contributed by atoms with Gasteiger partial charge in [-0.2, -0.15) is 0 Å². The van der Waals surface area contributed by atoms with E-state index in [1.807, 2.05) is 30.3 Å². The van der Waals surface area contributed by atoms with Gasteiger partial charge in [0.2, 0.25) is 0 Å². The molecule has 3 rings (SSSR count). The van der Waals surface area contributed by atoms with Crippen LogP contribution >= 0.6 is 0 Å². The fraction of sp³-hybridized carbons (Fsp3) is 0.625. The average Bonchev–Trinajstić information content (AvgIpc) is 2.87. The summed E-state index contributed by atoms with van der Waals surface area (Å²) in [6.07, 6.45) is 4.40. The number of carboxylic acid groups (broad SMARTS) is 1. The van der Waals surface area contributed by atoms with Crippen LogP contribution in [0.3, 0.4) is 0 Å². The summed E-state index contributed by atoms with van der Waals surface area (Å²) in [5.41, 5.74) is 1.18. The third kappa shape index (κ3) is 6.57. The molecule has 0 amide bonds. The van der Waals surface area contributed by atoms with Gasteiger partial charge in [-0.15, -0.1) is 0 Å². The van der Waals surface area contributed by atoms with Crippen molar-refractivity contribution in [3.63, 3.8) is 0 Å². The number of aliphatic hydroxyl groups is 2. The van der Waals surface area contributed by atoms with Crippen molar-refractivity contribution in [2.45, 2.75) is 69.7 Å². The van der Waals surface area contributed by atoms with Crippen LogP contribution in [0.2, 0.25) is 0 Å². The van der Waals surface area contributed by atoms with Gasteiger partial charge in [0.15, 0.2) is 0 Å². The average molecular weight is 401 g/mol. The number of benzene rings is 1. The van der Waals surface area contributed by atoms with Gasteiger partial charge in [-0.05, 0) is 50.0 Å². The molecule has 29 heavy (non-hydrogen) atoms. The Hall–Kier alpha value is -1.87. The molecule has 1 aliphatic carbocycles. The van der Waals surface area contributed by atoms with Crippen LogP contribution in [0.5, 0.6) is 0 Å². The first-order valence-corrected chi connectivity index (χ1v) is 10.8. The summed E-state index contributed by atoms with van der Waals surface area (Å²) in [4.78, 5) is 10.7. The van der Waals surface area contributed by atoms with Gasteiger partial charge in [0.1, 0.15) is 6.10 Å². The minimum absolute atomic E-state index is 0.00948. The molecule has 1 heterocycles. The van der Waals surface area contributed by atoms with Gasteiger partial charge in [-0.25, -0.2) is 0 Å². The highest BCUT2D eigenvalue weighted by molar-refractivity contribution is 5.66. The Bertz CT molecular complexity index is 707. The second-order valence-corrected chi connectivity index (χ2v) is 8.42. The molecule has 5 heteroatoms. The van der Waals surface area contributed by atoms with E-state index in [-0.39, 0.29) is 24.4 Å². The molecule has 6 atom stereocenters. The quantitative estimate of drug-likeness (QED) is 0.613. The van der Waals surface area contributed by atoms with E-state index in [4.69, 9.17) is 9.84 Å². The van der Waals surface area contributed by atoms with Crippen LogP contribution in [0.1, 0.15) is 50.5 Å². The van der Waals surface area contributed by atoms with Crippen molar-refractivity contribution in [3.8, 4) is 11.8 Å². The highest BCUT2D eigenvalue weighted by Crippen LogP contribution is 2.41. The van der Waals surface area contributed by atoms with Gasteiger partial charge >= 0.3 is 5.97 Å². The first-order chi connectivity index (χ1) is 14.0. The summed E-state index contributed by atoms with van der Waals surface area (Å²) in [7, 11) is 0. The van der Waals surface area contributed by atoms with Gasteiger partial charge in [0, 0.05) is 25.4 Å². The largest absolute Gasteiger partial charge is 0.481 e. The van der Waals surface area contributed by atoms with E-state index < -0.39 is 18.2 Å². The zero-order chi connectivity index (χ0) is 20.6. The Morgan fingerprint density at radius 1 is 1.24 bits per heavy atom. The molecule has 0 spiro atoms. The molecular weight excluding hydrogens is 368 g/mol. The summed E-state index contributed by atoms with van der Waals surface area (Å²) in [6.45, 7) is 0.632. The number of carbonyl (C=O) groups is 1. The highest BCUT2D eigenvalue weighted by Gasteiger charge is 2.43. The standard InChI is InChI=1S/C24H32O5/c25-19(11-9-17-5-2-1-3-6-17)12-14-20-21-13-10-18(7-4-8-24(27)28)16-29-23(21)15-22(20)26/h1-3,5-6,18-23,25-26H,4,7-11,13,15-16H2,(H,27,28)/t18-,19?,20?,21+,22+,23-/m0/s1. The number of ether oxygens (including phenoxy) is 1. The summed E-state index contributed by atoms with van der Waals surface area (Å²) < 4.78 is 6.07. The summed E-state index contributed by atoms with van der Waals surface area (Å²) >= 11 is 0. The Balaban J connectivity index is 1.51. The zero-order valence-corrected chi connectivity index (χ0v) is 16.9.